The molecule has 1 atom stereocenters. The summed E-state index contributed by atoms with van der Waals surface area (Å²) in [5, 5.41) is 2.81. The summed E-state index contributed by atoms with van der Waals surface area (Å²) < 4.78 is 27.8. The Kier molecular flexibility index (Phi) is 5.55. The summed E-state index contributed by atoms with van der Waals surface area (Å²) in [6.07, 6.45) is 0. The van der Waals surface area contributed by atoms with Gasteiger partial charge in [-0.1, -0.05) is 22.0 Å². The van der Waals surface area contributed by atoms with E-state index < -0.39 is 27.7 Å². The van der Waals surface area contributed by atoms with E-state index in [1.54, 1.807) is 44.2 Å². The first kappa shape index (κ1) is 21.1. The smallest absolute Gasteiger partial charge is 0.269 e. The number of fused-ring (bicyclic) bond motifs is 1. The van der Waals surface area contributed by atoms with E-state index >= 15 is 0 Å². The number of primary amides is 1. The van der Waals surface area contributed by atoms with Gasteiger partial charge in [0.15, 0.2) is 0 Å². The number of H-pyrrole nitrogens is 1. The van der Waals surface area contributed by atoms with E-state index in [-0.39, 0.29) is 15.5 Å². The van der Waals surface area contributed by atoms with Crippen LogP contribution in [0.25, 0.3) is 10.9 Å². The van der Waals surface area contributed by atoms with Crippen LogP contribution in [-0.2, 0) is 14.6 Å². The van der Waals surface area contributed by atoms with Gasteiger partial charge in [0, 0.05) is 15.4 Å². The number of halogens is 1. The maximum absolute atomic E-state index is 13.6. The third-order valence-corrected chi connectivity index (χ3v) is 6.80. The van der Waals surface area contributed by atoms with Gasteiger partial charge in [0.05, 0.1) is 4.90 Å². The first-order chi connectivity index (χ1) is 13.5. The fourth-order valence-electron chi connectivity index (χ4n) is 3.12. The SMILES string of the molecule is Cc1cc(C)cc(S(=O)(=O)c2c(C(=O)N[C@H](C)C(N)=O)[nH]c3ccc(Br)cc23)c1. The summed E-state index contributed by atoms with van der Waals surface area (Å²) in [5.41, 5.74) is 7.13. The lowest BCUT2D eigenvalue weighted by Crippen LogP contribution is -2.42. The lowest BCUT2D eigenvalue weighted by atomic mass is 10.2. The van der Waals surface area contributed by atoms with Crippen molar-refractivity contribution in [3.63, 3.8) is 0 Å². The van der Waals surface area contributed by atoms with Crippen LogP contribution in [0.5, 0.6) is 0 Å². The monoisotopic (exact) mass is 477 g/mol. The molecule has 0 radical (unpaired) electrons. The molecule has 0 aliphatic heterocycles. The zero-order valence-corrected chi connectivity index (χ0v) is 18.4. The number of aromatic amines is 1. The van der Waals surface area contributed by atoms with Gasteiger partial charge in [-0.25, -0.2) is 8.42 Å². The van der Waals surface area contributed by atoms with E-state index in [2.05, 4.69) is 26.2 Å². The molecule has 7 nitrogen and oxygen atoms in total. The van der Waals surface area contributed by atoms with Gasteiger partial charge in [0.1, 0.15) is 16.6 Å². The van der Waals surface area contributed by atoms with Crippen molar-refractivity contribution >= 4 is 48.5 Å². The molecule has 0 saturated carbocycles. The third kappa shape index (κ3) is 4.06. The van der Waals surface area contributed by atoms with Crippen LogP contribution in [0.2, 0.25) is 0 Å². The number of nitrogens with two attached hydrogens (primary N) is 1. The summed E-state index contributed by atoms with van der Waals surface area (Å²) in [7, 11) is -4.04. The standard InChI is InChI=1S/C20H20BrN3O4S/c1-10-6-11(2)8-14(7-10)29(27,28)18-15-9-13(21)4-5-16(15)24-17(18)20(26)23-12(3)19(22)25/h4-9,12,24H,1-3H3,(H2,22,25)(H,23,26)/t12-/m1/s1. The highest BCUT2D eigenvalue weighted by molar-refractivity contribution is 9.10. The van der Waals surface area contributed by atoms with Crippen LogP contribution in [0.3, 0.4) is 0 Å². The first-order valence-corrected chi connectivity index (χ1v) is 11.0. The minimum Gasteiger partial charge on any atom is -0.368 e. The van der Waals surface area contributed by atoms with Crippen LogP contribution >= 0.6 is 15.9 Å². The van der Waals surface area contributed by atoms with Crippen molar-refractivity contribution in [1.82, 2.24) is 10.3 Å². The fourth-order valence-corrected chi connectivity index (χ4v) is 5.27. The molecule has 3 aromatic rings. The van der Waals surface area contributed by atoms with E-state index in [0.29, 0.717) is 15.4 Å². The molecule has 0 aliphatic rings. The molecule has 152 valence electrons. The Labute approximate surface area is 176 Å². The number of hydrogen-bond acceptors (Lipinski definition) is 4. The van der Waals surface area contributed by atoms with Gasteiger partial charge in [-0.15, -0.1) is 0 Å². The number of carbonyl (C=O) groups is 2. The van der Waals surface area contributed by atoms with Crippen molar-refractivity contribution in [2.24, 2.45) is 5.73 Å². The number of carbonyl (C=O) groups excluding carboxylic acids is 2. The number of benzene rings is 2. The van der Waals surface area contributed by atoms with Crippen molar-refractivity contribution in [1.29, 1.82) is 0 Å². The molecular formula is C20H20BrN3O4S. The van der Waals surface area contributed by atoms with Gasteiger partial charge in [0.2, 0.25) is 15.7 Å². The fraction of sp³-hybridized carbons (Fsp3) is 0.200. The second-order valence-electron chi connectivity index (χ2n) is 6.94. The molecule has 4 N–H and O–H groups in total. The zero-order valence-electron chi connectivity index (χ0n) is 16.0. The van der Waals surface area contributed by atoms with Crippen LogP contribution in [0.1, 0.15) is 28.5 Å². The number of rotatable bonds is 5. The zero-order chi connectivity index (χ0) is 21.5. The number of sulfone groups is 1. The summed E-state index contributed by atoms with van der Waals surface area (Å²) in [6.45, 7) is 5.04. The molecule has 0 spiro atoms. The molecule has 0 unspecified atom stereocenters. The molecule has 3 rings (SSSR count). The van der Waals surface area contributed by atoms with Crippen LogP contribution in [0.15, 0.2) is 50.7 Å². The average Bonchev–Trinajstić information content (AvgIpc) is 3.00. The Hall–Kier alpha value is -2.65. The van der Waals surface area contributed by atoms with Crippen LogP contribution in [0.4, 0.5) is 0 Å². The molecule has 1 heterocycles. The molecule has 0 fully saturated rings. The average molecular weight is 478 g/mol. The van der Waals surface area contributed by atoms with Crippen molar-refractivity contribution in [2.45, 2.75) is 36.6 Å². The summed E-state index contributed by atoms with van der Waals surface area (Å²) in [5.74, 6) is -1.46. The lowest BCUT2D eigenvalue weighted by Gasteiger charge is -2.12. The molecular weight excluding hydrogens is 458 g/mol. The van der Waals surface area contributed by atoms with E-state index in [0.717, 1.165) is 11.1 Å². The molecule has 0 aliphatic carbocycles. The van der Waals surface area contributed by atoms with Gasteiger partial charge < -0.3 is 16.0 Å². The maximum Gasteiger partial charge on any atom is 0.269 e. The highest BCUT2D eigenvalue weighted by Crippen LogP contribution is 2.34. The molecule has 1 aromatic heterocycles. The predicted molar refractivity (Wildman–Crippen MR) is 113 cm³/mol. The Morgan fingerprint density at radius 1 is 1.10 bits per heavy atom. The van der Waals surface area contributed by atoms with E-state index in [9.17, 15) is 18.0 Å². The Morgan fingerprint density at radius 2 is 1.72 bits per heavy atom. The van der Waals surface area contributed by atoms with Crippen molar-refractivity contribution in [3.8, 4) is 0 Å². The van der Waals surface area contributed by atoms with E-state index in [1.165, 1.54) is 6.92 Å². The highest BCUT2D eigenvalue weighted by atomic mass is 79.9. The van der Waals surface area contributed by atoms with Gasteiger partial charge >= 0.3 is 0 Å². The van der Waals surface area contributed by atoms with Crippen LogP contribution in [-0.4, -0.2) is 31.3 Å². The van der Waals surface area contributed by atoms with Crippen molar-refractivity contribution in [3.05, 3.63) is 57.7 Å². The topological polar surface area (TPSA) is 122 Å². The number of nitrogens with one attached hydrogen (secondary N) is 2. The third-order valence-electron chi connectivity index (χ3n) is 4.49. The molecule has 2 aromatic carbocycles. The Balaban J connectivity index is 2.28. The lowest BCUT2D eigenvalue weighted by molar-refractivity contribution is -0.119. The van der Waals surface area contributed by atoms with E-state index in [4.69, 9.17) is 5.73 Å². The van der Waals surface area contributed by atoms with Crippen molar-refractivity contribution < 1.29 is 18.0 Å². The summed E-state index contributed by atoms with van der Waals surface area (Å²) in [6, 6.07) is 9.08. The number of hydrogen-bond donors (Lipinski definition) is 3. The summed E-state index contributed by atoms with van der Waals surface area (Å²) >= 11 is 3.35. The number of amides is 2. The Bertz CT molecular complexity index is 1230. The normalized spacial score (nSPS) is 12.7. The van der Waals surface area contributed by atoms with E-state index in [1.807, 2.05) is 6.07 Å². The number of aromatic nitrogens is 1. The quantitative estimate of drug-likeness (QED) is 0.522. The molecule has 2 amide bonds. The van der Waals surface area contributed by atoms with Gasteiger partial charge in [0.25, 0.3) is 5.91 Å². The predicted octanol–water partition coefficient (Wildman–Crippen LogP) is 2.98. The minimum atomic E-state index is -4.04. The maximum atomic E-state index is 13.6. The van der Waals surface area contributed by atoms with Gasteiger partial charge in [-0.3, -0.25) is 9.59 Å². The van der Waals surface area contributed by atoms with Crippen LogP contribution < -0.4 is 11.1 Å². The molecule has 0 bridgehead atoms. The minimum absolute atomic E-state index is 0.0906. The molecule has 29 heavy (non-hydrogen) atoms. The van der Waals surface area contributed by atoms with Crippen LogP contribution in [0, 0.1) is 13.8 Å². The van der Waals surface area contributed by atoms with Gasteiger partial charge in [-0.2, -0.15) is 0 Å². The second kappa shape index (κ2) is 7.64. The molecule has 9 heteroatoms. The molecule has 0 saturated heterocycles. The number of aryl methyl sites for hydroxylation is 2. The second-order valence-corrected chi connectivity index (χ2v) is 9.75. The van der Waals surface area contributed by atoms with Gasteiger partial charge in [-0.05, 0) is 62.2 Å². The largest absolute Gasteiger partial charge is 0.368 e. The van der Waals surface area contributed by atoms with Crippen molar-refractivity contribution in [2.75, 3.05) is 0 Å². The Morgan fingerprint density at radius 3 is 2.31 bits per heavy atom. The summed E-state index contributed by atoms with van der Waals surface area (Å²) in [4.78, 5) is 27.0. The highest BCUT2D eigenvalue weighted by Gasteiger charge is 2.31. The first-order valence-electron chi connectivity index (χ1n) is 8.75.